The number of rotatable bonds is 3. The van der Waals surface area contributed by atoms with Crippen LogP contribution in [-0.4, -0.2) is 46.4 Å². The third-order valence-electron chi connectivity index (χ3n) is 5.50. The largest absolute Gasteiger partial charge is 0.381 e. The van der Waals surface area contributed by atoms with Gasteiger partial charge in [0.1, 0.15) is 5.69 Å². The molecule has 1 atom stereocenters. The summed E-state index contributed by atoms with van der Waals surface area (Å²) in [5, 5.41) is 4.21. The fraction of sp³-hybridized carbons (Fsp3) is 0.667. The Morgan fingerprint density at radius 2 is 1.84 bits per heavy atom. The number of nitrogens with zero attached hydrogens (tertiary/aromatic N) is 5. The molecule has 0 saturated carbocycles. The number of ether oxygens (including phenoxy) is 1. The van der Waals surface area contributed by atoms with Crippen molar-refractivity contribution in [3.63, 3.8) is 0 Å². The van der Waals surface area contributed by atoms with Gasteiger partial charge in [0.15, 0.2) is 5.82 Å². The molecule has 2 aliphatic heterocycles. The summed E-state index contributed by atoms with van der Waals surface area (Å²) in [6.07, 6.45) is 7.75. The molecule has 0 spiro atoms. The van der Waals surface area contributed by atoms with E-state index in [0.717, 1.165) is 56.4 Å². The van der Waals surface area contributed by atoms with Crippen LogP contribution in [0, 0.1) is 0 Å². The standard InChI is InChI=1S/C18H23N5O2/c1-2-6-14-13(5-1)15(20-18(19-14)23-8-3-4-9-23)17-21-16(22-25-17)12-7-10-24-11-12/h12H,1-11H2/t12-/m0/s1. The molecule has 2 aromatic rings. The van der Waals surface area contributed by atoms with Gasteiger partial charge in [0.25, 0.3) is 5.89 Å². The summed E-state index contributed by atoms with van der Waals surface area (Å²) >= 11 is 0. The van der Waals surface area contributed by atoms with Gasteiger partial charge in [0, 0.05) is 36.9 Å². The topological polar surface area (TPSA) is 77.2 Å². The van der Waals surface area contributed by atoms with Gasteiger partial charge in [-0.25, -0.2) is 9.97 Å². The van der Waals surface area contributed by atoms with Crippen LogP contribution in [0.25, 0.3) is 11.6 Å². The van der Waals surface area contributed by atoms with Crippen molar-refractivity contribution in [2.75, 3.05) is 31.2 Å². The lowest BCUT2D eigenvalue weighted by molar-refractivity contribution is 0.192. The Morgan fingerprint density at radius 3 is 2.68 bits per heavy atom. The van der Waals surface area contributed by atoms with E-state index in [1.54, 1.807) is 0 Å². The third kappa shape index (κ3) is 2.80. The van der Waals surface area contributed by atoms with Crippen LogP contribution in [0.15, 0.2) is 4.52 Å². The van der Waals surface area contributed by atoms with Crippen LogP contribution >= 0.6 is 0 Å². The maximum absolute atomic E-state index is 5.62. The second kappa shape index (κ2) is 6.37. The Balaban J connectivity index is 1.55. The van der Waals surface area contributed by atoms with Crippen molar-refractivity contribution >= 4 is 5.95 Å². The van der Waals surface area contributed by atoms with Crippen molar-refractivity contribution in [3.8, 4) is 11.6 Å². The summed E-state index contributed by atoms with van der Waals surface area (Å²) in [7, 11) is 0. The highest BCUT2D eigenvalue weighted by Gasteiger charge is 2.28. The maximum atomic E-state index is 5.62. The first-order valence-corrected chi connectivity index (χ1v) is 9.45. The van der Waals surface area contributed by atoms with E-state index in [4.69, 9.17) is 19.2 Å². The van der Waals surface area contributed by atoms with Gasteiger partial charge < -0.3 is 14.2 Å². The molecule has 7 heteroatoms. The van der Waals surface area contributed by atoms with Crippen molar-refractivity contribution in [2.24, 2.45) is 0 Å². The highest BCUT2D eigenvalue weighted by atomic mass is 16.5. The lowest BCUT2D eigenvalue weighted by atomic mass is 9.94. The Morgan fingerprint density at radius 1 is 0.960 bits per heavy atom. The van der Waals surface area contributed by atoms with Crippen LogP contribution in [0.1, 0.15) is 55.1 Å². The summed E-state index contributed by atoms with van der Waals surface area (Å²) in [4.78, 5) is 16.7. The Kier molecular flexibility index (Phi) is 3.88. The molecule has 0 N–H and O–H groups in total. The SMILES string of the molecule is C1CCc2c(nc(N3CCCC3)nc2-c2nc([C@H]3CCOC3)no2)C1. The molecule has 3 aliphatic rings. The van der Waals surface area contributed by atoms with E-state index in [-0.39, 0.29) is 5.92 Å². The molecule has 2 saturated heterocycles. The minimum Gasteiger partial charge on any atom is -0.381 e. The van der Waals surface area contributed by atoms with Crippen molar-refractivity contribution in [3.05, 3.63) is 17.1 Å². The van der Waals surface area contributed by atoms with E-state index in [2.05, 4.69) is 15.0 Å². The average molecular weight is 341 g/mol. The maximum Gasteiger partial charge on any atom is 0.277 e. The van der Waals surface area contributed by atoms with E-state index in [9.17, 15) is 0 Å². The predicted molar refractivity (Wildman–Crippen MR) is 91.6 cm³/mol. The van der Waals surface area contributed by atoms with Gasteiger partial charge in [0.2, 0.25) is 5.95 Å². The molecule has 0 aromatic carbocycles. The number of hydrogen-bond donors (Lipinski definition) is 0. The monoisotopic (exact) mass is 341 g/mol. The summed E-state index contributed by atoms with van der Waals surface area (Å²) in [6, 6.07) is 0. The van der Waals surface area contributed by atoms with Crippen LogP contribution in [0.4, 0.5) is 5.95 Å². The van der Waals surface area contributed by atoms with Crippen LogP contribution in [0.3, 0.4) is 0 Å². The summed E-state index contributed by atoms with van der Waals surface area (Å²) in [5.74, 6) is 2.37. The third-order valence-corrected chi connectivity index (χ3v) is 5.50. The molecule has 4 heterocycles. The van der Waals surface area contributed by atoms with Gasteiger partial charge in [-0.05, 0) is 44.9 Å². The molecule has 132 valence electrons. The molecule has 1 aliphatic carbocycles. The normalized spacial score (nSPS) is 23.2. The number of anilines is 1. The molecule has 0 bridgehead atoms. The number of aromatic nitrogens is 4. The Bertz CT molecular complexity index is 763. The Hall–Kier alpha value is -2.02. The molecular formula is C18H23N5O2. The van der Waals surface area contributed by atoms with E-state index in [0.29, 0.717) is 12.5 Å². The number of aryl methyl sites for hydroxylation is 1. The van der Waals surface area contributed by atoms with Crippen molar-refractivity contribution in [1.29, 1.82) is 0 Å². The van der Waals surface area contributed by atoms with Crippen LogP contribution in [-0.2, 0) is 17.6 Å². The number of hydrogen-bond acceptors (Lipinski definition) is 7. The fourth-order valence-electron chi connectivity index (χ4n) is 4.05. The van der Waals surface area contributed by atoms with E-state index < -0.39 is 0 Å². The van der Waals surface area contributed by atoms with Gasteiger partial charge in [-0.2, -0.15) is 4.98 Å². The molecule has 2 aromatic heterocycles. The number of fused-ring (bicyclic) bond motifs is 1. The Labute approximate surface area is 146 Å². The van der Waals surface area contributed by atoms with Crippen molar-refractivity contribution in [2.45, 2.75) is 50.9 Å². The lowest BCUT2D eigenvalue weighted by Crippen LogP contribution is -2.23. The zero-order chi connectivity index (χ0) is 16.6. The van der Waals surface area contributed by atoms with Crippen molar-refractivity contribution < 1.29 is 9.26 Å². The zero-order valence-electron chi connectivity index (χ0n) is 14.4. The van der Waals surface area contributed by atoms with Crippen LogP contribution < -0.4 is 4.90 Å². The molecule has 5 rings (SSSR count). The van der Waals surface area contributed by atoms with Gasteiger partial charge in [-0.15, -0.1) is 0 Å². The second-order valence-corrected chi connectivity index (χ2v) is 7.22. The molecule has 0 unspecified atom stereocenters. The second-order valence-electron chi connectivity index (χ2n) is 7.22. The quantitative estimate of drug-likeness (QED) is 0.849. The molecule has 2 fully saturated rings. The van der Waals surface area contributed by atoms with Gasteiger partial charge in [-0.3, -0.25) is 0 Å². The van der Waals surface area contributed by atoms with Gasteiger partial charge in [-0.1, -0.05) is 5.16 Å². The summed E-state index contributed by atoms with van der Waals surface area (Å²) < 4.78 is 11.1. The minimum absolute atomic E-state index is 0.244. The highest BCUT2D eigenvalue weighted by molar-refractivity contribution is 5.58. The van der Waals surface area contributed by atoms with E-state index >= 15 is 0 Å². The van der Waals surface area contributed by atoms with Gasteiger partial charge >= 0.3 is 0 Å². The summed E-state index contributed by atoms with van der Waals surface area (Å²) in [6.45, 7) is 3.52. The molecule has 0 amide bonds. The fourth-order valence-corrected chi connectivity index (χ4v) is 4.05. The molecular weight excluding hydrogens is 318 g/mol. The minimum atomic E-state index is 0.244. The van der Waals surface area contributed by atoms with Crippen LogP contribution in [0.5, 0.6) is 0 Å². The van der Waals surface area contributed by atoms with E-state index in [1.807, 2.05) is 0 Å². The first-order valence-electron chi connectivity index (χ1n) is 9.45. The zero-order valence-corrected chi connectivity index (χ0v) is 14.4. The molecule has 7 nitrogen and oxygen atoms in total. The van der Waals surface area contributed by atoms with Crippen molar-refractivity contribution in [1.82, 2.24) is 20.1 Å². The highest BCUT2D eigenvalue weighted by Crippen LogP contribution is 2.32. The summed E-state index contributed by atoms with van der Waals surface area (Å²) in [5.41, 5.74) is 3.22. The van der Waals surface area contributed by atoms with Gasteiger partial charge in [0.05, 0.1) is 6.61 Å². The first-order chi connectivity index (χ1) is 12.4. The van der Waals surface area contributed by atoms with Crippen LogP contribution in [0.2, 0.25) is 0 Å². The first kappa shape index (κ1) is 15.3. The smallest absolute Gasteiger partial charge is 0.277 e. The van der Waals surface area contributed by atoms with E-state index in [1.165, 1.54) is 36.9 Å². The average Bonchev–Trinajstić information content (AvgIpc) is 3.43. The molecule has 0 radical (unpaired) electrons. The lowest BCUT2D eigenvalue weighted by Gasteiger charge is -2.21. The predicted octanol–water partition coefficient (Wildman–Crippen LogP) is 2.51. The molecule has 25 heavy (non-hydrogen) atoms.